The summed E-state index contributed by atoms with van der Waals surface area (Å²) in [4.78, 5) is 43.8. The van der Waals surface area contributed by atoms with E-state index in [0.717, 1.165) is 5.56 Å². The van der Waals surface area contributed by atoms with Gasteiger partial charge in [0.15, 0.2) is 0 Å². The molecule has 1 fully saturated rings. The van der Waals surface area contributed by atoms with Gasteiger partial charge in [-0.1, -0.05) is 12.1 Å². The Bertz CT molecular complexity index is 1170. The van der Waals surface area contributed by atoms with Crippen molar-refractivity contribution in [2.45, 2.75) is 19.8 Å². The third-order valence-corrected chi connectivity index (χ3v) is 5.32. The maximum Gasteiger partial charge on any atom is 0.267 e. The molecular formula is C22H24N6O3. The van der Waals surface area contributed by atoms with Gasteiger partial charge >= 0.3 is 0 Å². The number of nitrogens with zero attached hydrogens (tertiary/aromatic N) is 4. The van der Waals surface area contributed by atoms with Crippen molar-refractivity contribution < 1.29 is 9.59 Å². The molecule has 160 valence electrons. The highest BCUT2D eigenvalue weighted by Gasteiger charge is 2.27. The molecule has 0 atom stereocenters. The van der Waals surface area contributed by atoms with Crippen LogP contribution in [0.2, 0.25) is 0 Å². The molecule has 0 bridgehead atoms. The van der Waals surface area contributed by atoms with Gasteiger partial charge in [-0.3, -0.25) is 18.8 Å². The molecule has 1 aliphatic rings. The van der Waals surface area contributed by atoms with Gasteiger partial charge in [-0.25, -0.2) is 4.98 Å². The SMILES string of the molecule is C=CCNC(=O)C(C#N)=Cc1c(N2CCC(C(N)=O)CC2)nc2c(C)cccn2c1=O. The van der Waals surface area contributed by atoms with E-state index in [-0.39, 0.29) is 35.1 Å². The number of primary amides is 1. The van der Waals surface area contributed by atoms with E-state index in [4.69, 9.17) is 10.7 Å². The molecule has 3 N–H and O–H groups in total. The van der Waals surface area contributed by atoms with Gasteiger partial charge in [0.25, 0.3) is 11.5 Å². The Morgan fingerprint density at radius 1 is 1.42 bits per heavy atom. The van der Waals surface area contributed by atoms with Crippen LogP contribution in [0.15, 0.2) is 41.4 Å². The normalized spacial score (nSPS) is 14.8. The lowest BCUT2D eigenvalue weighted by atomic mass is 9.96. The first-order valence-corrected chi connectivity index (χ1v) is 9.94. The molecule has 2 aromatic rings. The first-order chi connectivity index (χ1) is 14.9. The fourth-order valence-electron chi connectivity index (χ4n) is 3.60. The Hall–Kier alpha value is -3.93. The molecule has 31 heavy (non-hydrogen) atoms. The van der Waals surface area contributed by atoms with E-state index < -0.39 is 5.91 Å². The van der Waals surface area contributed by atoms with Crippen LogP contribution in [0, 0.1) is 24.2 Å². The number of anilines is 1. The van der Waals surface area contributed by atoms with E-state index in [9.17, 15) is 19.6 Å². The number of carbonyl (C=O) groups is 2. The fraction of sp³-hybridized carbons (Fsp3) is 0.318. The van der Waals surface area contributed by atoms with Crippen molar-refractivity contribution in [3.8, 4) is 6.07 Å². The van der Waals surface area contributed by atoms with Crippen molar-refractivity contribution in [1.29, 1.82) is 5.26 Å². The summed E-state index contributed by atoms with van der Waals surface area (Å²) in [5, 5.41) is 12.0. The van der Waals surface area contributed by atoms with Crippen molar-refractivity contribution in [3.63, 3.8) is 0 Å². The van der Waals surface area contributed by atoms with E-state index in [1.54, 1.807) is 12.3 Å². The number of nitrogens with one attached hydrogen (secondary N) is 1. The summed E-state index contributed by atoms with van der Waals surface area (Å²) in [5.41, 5.74) is 6.29. The fourth-order valence-corrected chi connectivity index (χ4v) is 3.60. The molecule has 3 heterocycles. The second-order valence-corrected chi connectivity index (χ2v) is 7.37. The summed E-state index contributed by atoms with van der Waals surface area (Å²) in [7, 11) is 0. The highest BCUT2D eigenvalue weighted by Crippen LogP contribution is 2.26. The van der Waals surface area contributed by atoms with E-state index in [1.165, 1.54) is 16.6 Å². The van der Waals surface area contributed by atoms with Gasteiger partial charge in [-0.15, -0.1) is 6.58 Å². The van der Waals surface area contributed by atoms with Crippen LogP contribution in [0.4, 0.5) is 5.82 Å². The first-order valence-electron chi connectivity index (χ1n) is 9.94. The van der Waals surface area contributed by atoms with E-state index >= 15 is 0 Å². The first kappa shape index (κ1) is 21.8. The molecular weight excluding hydrogens is 396 g/mol. The second-order valence-electron chi connectivity index (χ2n) is 7.37. The minimum Gasteiger partial charge on any atom is -0.369 e. The van der Waals surface area contributed by atoms with Gasteiger partial charge in [0.05, 0.1) is 5.56 Å². The standard InChI is InChI=1S/C22H24N6O3/c1-3-8-25-21(30)16(13-23)12-17-20(27-10-6-15(7-11-27)18(24)29)26-19-14(2)5-4-9-28(19)22(17)31/h3-5,9,12,15H,1,6-8,10-11H2,2H3,(H2,24,29)(H,25,30). The van der Waals surface area contributed by atoms with Gasteiger partial charge in [-0.05, 0) is 37.5 Å². The van der Waals surface area contributed by atoms with Crippen LogP contribution >= 0.6 is 0 Å². The molecule has 0 radical (unpaired) electrons. The third kappa shape index (κ3) is 4.48. The largest absolute Gasteiger partial charge is 0.369 e. The number of aryl methyl sites for hydroxylation is 1. The summed E-state index contributed by atoms with van der Waals surface area (Å²) in [5.74, 6) is -0.785. The summed E-state index contributed by atoms with van der Waals surface area (Å²) in [6.45, 7) is 6.54. The third-order valence-electron chi connectivity index (χ3n) is 5.32. The minimum atomic E-state index is -0.602. The lowest BCUT2D eigenvalue weighted by Gasteiger charge is -2.32. The number of rotatable bonds is 6. The van der Waals surface area contributed by atoms with Crippen LogP contribution in [-0.2, 0) is 9.59 Å². The lowest BCUT2D eigenvalue weighted by Crippen LogP contribution is -2.40. The molecule has 0 unspecified atom stereocenters. The monoisotopic (exact) mass is 420 g/mol. The zero-order valence-corrected chi connectivity index (χ0v) is 17.3. The molecule has 2 amide bonds. The van der Waals surface area contributed by atoms with Crippen LogP contribution in [0.1, 0.15) is 24.0 Å². The molecule has 1 saturated heterocycles. The number of hydrogen-bond acceptors (Lipinski definition) is 6. The maximum absolute atomic E-state index is 13.3. The number of pyridine rings is 1. The molecule has 0 saturated carbocycles. The van der Waals surface area contributed by atoms with E-state index in [0.29, 0.717) is 37.4 Å². The van der Waals surface area contributed by atoms with Gasteiger partial charge in [0.2, 0.25) is 5.91 Å². The summed E-state index contributed by atoms with van der Waals surface area (Å²) in [6, 6.07) is 5.44. The number of hydrogen-bond donors (Lipinski definition) is 2. The predicted molar refractivity (Wildman–Crippen MR) is 117 cm³/mol. The molecule has 1 aliphatic heterocycles. The summed E-state index contributed by atoms with van der Waals surface area (Å²) >= 11 is 0. The van der Waals surface area contributed by atoms with Crippen LogP contribution in [0.3, 0.4) is 0 Å². The van der Waals surface area contributed by atoms with Crippen molar-refractivity contribution in [3.05, 3.63) is 58.0 Å². The summed E-state index contributed by atoms with van der Waals surface area (Å²) in [6.07, 6.45) is 5.45. The molecule has 0 aliphatic carbocycles. The molecule has 9 heteroatoms. The summed E-state index contributed by atoms with van der Waals surface area (Å²) < 4.78 is 1.40. The zero-order chi connectivity index (χ0) is 22.5. The quantitative estimate of drug-likeness (QED) is 0.405. The highest BCUT2D eigenvalue weighted by atomic mass is 16.2. The molecule has 3 rings (SSSR count). The van der Waals surface area contributed by atoms with Crippen molar-refractivity contribution in [2.24, 2.45) is 11.7 Å². The Labute approximate surface area is 179 Å². The van der Waals surface area contributed by atoms with Crippen LogP contribution < -0.4 is 21.5 Å². The smallest absolute Gasteiger partial charge is 0.267 e. The van der Waals surface area contributed by atoms with Crippen molar-refractivity contribution in [1.82, 2.24) is 14.7 Å². The average molecular weight is 420 g/mol. The van der Waals surface area contributed by atoms with Gasteiger partial charge in [0, 0.05) is 31.7 Å². The van der Waals surface area contributed by atoms with E-state index in [2.05, 4.69) is 11.9 Å². The Balaban J connectivity index is 2.15. The number of carbonyl (C=O) groups excluding carboxylic acids is 2. The van der Waals surface area contributed by atoms with Crippen molar-refractivity contribution in [2.75, 3.05) is 24.5 Å². The van der Waals surface area contributed by atoms with Crippen LogP contribution in [-0.4, -0.2) is 40.8 Å². The predicted octanol–water partition coefficient (Wildman–Crippen LogP) is 0.914. The van der Waals surface area contributed by atoms with Gasteiger partial charge in [-0.2, -0.15) is 5.26 Å². The second kappa shape index (κ2) is 9.26. The van der Waals surface area contributed by atoms with Crippen LogP contribution in [0.5, 0.6) is 0 Å². The Morgan fingerprint density at radius 3 is 2.74 bits per heavy atom. The van der Waals surface area contributed by atoms with Gasteiger partial charge in [0.1, 0.15) is 23.1 Å². The number of nitriles is 1. The number of nitrogens with two attached hydrogens (primary N) is 1. The number of amides is 2. The number of fused-ring (bicyclic) bond motifs is 1. The Kier molecular flexibility index (Phi) is 6.50. The molecule has 2 aromatic heterocycles. The zero-order valence-electron chi connectivity index (χ0n) is 17.3. The maximum atomic E-state index is 13.3. The average Bonchev–Trinajstić information content (AvgIpc) is 2.77. The number of aromatic nitrogens is 2. The van der Waals surface area contributed by atoms with Crippen LogP contribution in [0.25, 0.3) is 11.7 Å². The highest BCUT2D eigenvalue weighted by molar-refractivity contribution is 6.02. The Morgan fingerprint density at radius 2 is 2.13 bits per heavy atom. The molecule has 0 spiro atoms. The molecule has 9 nitrogen and oxygen atoms in total. The molecule has 0 aromatic carbocycles. The van der Waals surface area contributed by atoms with Gasteiger partial charge < -0.3 is 16.0 Å². The van der Waals surface area contributed by atoms with Crippen molar-refractivity contribution >= 4 is 29.4 Å². The minimum absolute atomic E-state index is 0.144. The lowest BCUT2D eigenvalue weighted by molar-refractivity contribution is -0.122. The number of piperidine rings is 1. The topological polar surface area (TPSA) is 134 Å². The van der Waals surface area contributed by atoms with E-state index in [1.807, 2.05) is 24.0 Å².